The van der Waals surface area contributed by atoms with Crippen molar-refractivity contribution < 1.29 is 4.42 Å². The highest BCUT2D eigenvalue weighted by Gasteiger charge is 2.17. The maximum Gasteiger partial charge on any atom is 0.143 e. The molecule has 0 atom stereocenters. The molecule has 0 aliphatic carbocycles. The second-order valence-electron chi connectivity index (χ2n) is 14.0. The molecule has 0 aliphatic rings. The average molecular weight is 689 g/mol. The fourth-order valence-electron chi connectivity index (χ4n) is 8.26. The second-order valence-corrected chi connectivity index (χ2v) is 14.0. The number of hydrogen-bond acceptors (Lipinski definition) is 3. The van der Waals surface area contributed by atoms with E-state index in [1.807, 2.05) is 18.3 Å². The van der Waals surface area contributed by atoms with E-state index in [-0.39, 0.29) is 0 Å². The molecule has 2 aromatic heterocycles. The number of fused-ring (bicyclic) bond motifs is 3. The van der Waals surface area contributed by atoms with E-state index in [1.54, 1.807) is 0 Å². The third kappa shape index (κ3) is 4.87. The van der Waals surface area contributed by atoms with Gasteiger partial charge in [0, 0.05) is 61.3 Å². The van der Waals surface area contributed by atoms with Gasteiger partial charge in [0.15, 0.2) is 0 Å². The highest BCUT2D eigenvalue weighted by molar-refractivity contribution is 6.24. The smallest absolute Gasteiger partial charge is 0.143 e. The van der Waals surface area contributed by atoms with Crippen LogP contribution in [-0.2, 0) is 0 Å². The minimum atomic E-state index is 0.905. The van der Waals surface area contributed by atoms with Crippen LogP contribution in [0.5, 0.6) is 0 Å². The molecule has 0 aliphatic heterocycles. The minimum Gasteiger partial charge on any atom is -0.455 e. The van der Waals surface area contributed by atoms with Gasteiger partial charge in [0.05, 0.1) is 5.69 Å². The Balaban J connectivity index is 1.01. The van der Waals surface area contributed by atoms with Crippen LogP contribution >= 0.6 is 0 Å². The summed E-state index contributed by atoms with van der Waals surface area (Å²) >= 11 is 0. The topological polar surface area (TPSA) is 29.3 Å². The predicted octanol–water partition coefficient (Wildman–Crippen LogP) is 14.3. The lowest BCUT2D eigenvalue weighted by atomic mass is 9.93. The van der Waals surface area contributed by atoms with E-state index in [9.17, 15) is 0 Å². The number of anilines is 3. The summed E-state index contributed by atoms with van der Waals surface area (Å²) in [6, 6.07) is 67.0. The third-order valence-corrected chi connectivity index (χ3v) is 10.9. The molecular weight excluding hydrogens is 657 g/mol. The van der Waals surface area contributed by atoms with Crippen LogP contribution in [-0.4, -0.2) is 4.98 Å². The Morgan fingerprint density at radius 2 is 0.944 bits per heavy atom. The number of aromatic nitrogens is 1. The van der Waals surface area contributed by atoms with Gasteiger partial charge in [0.25, 0.3) is 0 Å². The molecule has 54 heavy (non-hydrogen) atoms. The molecule has 252 valence electrons. The molecule has 11 rings (SSSR count). The summed E-state index contributed by atoms with van der Waals surface area (Å²) in [6.45, 7) is 0. The summed E-state index contributed by atoms with van der Waals surface area (Å²) in [5, 5.41) is 9.70. The van der Waals surface area contributed by atoms with Crippen molar-refractivity contribution in [2.45, 2.75) is 0 Å². The van der Waals surface area contributed by atoms with E-state index in [4.69, 9.17) is 9.40 Å². The van der Waals surface area contributed by atoms with Gasteiger partial charge in [0.2, 0.25) is 0 Å². The molecule has 0 bridgehead atoms. The average Bonchev–Trinajstić information content (AvgIpc) is 3.63. The zero-order valence-corrected chi connectivity index (χ0v) is 29.3. The molecular formula is C51H32N2O. The lowest BCUT2D eigenvalue weighted by molar-refractivity contribution is 0.670. The summed E-state index contributed by atoms with van der Waals surface area (Å²) < 4.78 is 6.39. The van der Waals surface area contributed by atoms with Gasteiger partial charge >= 0.3 is 0 Å². The number of nitrogens with zero attached hydrogens (tertiary/aromatic N) is 2. The molecule has 0 saturated carbocycles. The molecule has 0 N–H and O–H groups in total. The van der Waals surface area contributed by atoms with Crippen molar-refractivity contribution in [2.24, 2.45) is 0 Å². The maximum atomic E-state index is 6.39. The Labute approximate surface area is 312 Å². The number of hydrogen-bond donors (Lipinski definition) is 0. The van der Waals surface area contributed by atoms with Gasteiger partial charge in [-0.3, -0.25) is 4.98 Å². The molecule has 3 heteroatoms. The molecule has 0 spiro atoms. The van der Waals surface area contributed by atoms with Crippen LogP contribution in [0.4, 0.5) is 17.1 Å². The fraction of sp³-hybridized carbons (Fsp3) is 0. The van der Waals surface area contributed by atoms with E-state index >= 15 is 0 Å². The molecule has 2 heterocycles. The largest absolute Gasteiger partial charge is 0.455 e. The zero-order valence-electron chi connectivity index (χ0n) is 29.3. The Bertz CT molecular complexity index is 3110. The Morgan fingerprint density at radius 3 is 1.69 bits per heavy atom. The first-order chi connectivity index (χ1) is 26.8. The van der Waals surface area contributed by atoms with Crippen LogP contribution < -0.4 is 4.90 Å². The summed E-state index contributed by atoms with van der Waals surface area (Å²) in [5.41, 5.74) is 11.7. The minimum absolute atomic E-state index is 0.905. The lowest BCUT2D eigenvalue weighted by Crippen LogP contribution is -2.09. The van der Waals surface area contributed by atoms with E-state index in [2.05, 4.69) is 181 Å². The van der Waals surface area contributed by atoms with Crippen LogP contribution in [0.1, 0.15) is 0 Å². The first-order valence-electron chi connectivity index (χ1n) is 18.4. The SMILES string of the molecule is c1ccc(-c2ccc(N(c3ccc(-c4ncc5ccc6cccc7ccc4c5c67)cc3)c3ccc(-c4cccc5c4oc4ccccc45)cc3)cc2)cc1. The zero-order chi connectivity index (χ0) is 35.6. The van der Waals surface area contributed by atoms with Crippen molar-refractivity contribution in [3.63, 3.8) is 0 Å². The molecule has 0 amide bonds. The molecule has 0 fully saturated rings. The summed E-state index contributed by atoms with van der Waals surface area (Å²) in [7, 11) is 0. The molecule has 11 aromatic rings. The Kier molecular flexibility index (Phi) is 6.86. The first-order valence-corrected chi connectivity index (χ1v) is 18.4. The molecule has 3 nitrogen and oxygen atoms in total. The summed E-state index contributed by atoms with van der Waals surface area (Å²) in [5.74, 6) is 0. The second kappa shape index (κ2) is 12.2. The molecule has 0 unspecified atom stereocenters. The number of rotatable bonds is 6. The van der Waals surface area contributed by atoms with Crippen molar-refractivity contribution in [1.29, 1.82) is 0 Å². The quantitative estimate of drug-likeness (QED) is 0.163. The van der Waals surface area contributed by atoms with Crippen molar-refractivity contribution in [3.8, 4) is 33.5 Å². The molecule has 9 aromatic carbocycles. The number of furan rings is 1. The Hall–Kier alpha value is -7.23. The molecule has 0 saturated heterocycles. The van der Waals surface area contributed by atoms with E-state index < -0.39 is 0 Å². The van der Waals surface area contributed by atoms with Crippen molar-refractivity contribution in [2.75, 3.05) is 4.90 Å². The Morgan fingerprint density at radius 1 is 0.370 bits per heavy atom. The van der Waals surface area contributed by atoms with Gasteiger partial charge in [0.1, 0.15) is 11.2 Å². The van der Waals surface area contributed by atoms with Gasteiger partial charge in [-0.1, -0.05) is 146 Å². The predicted molar refractivity (Wildman–Crippen MR) is 226 cm³/mol. The van der Waals surface area contributed by atoms with Crippen LogP contribution in [0, 0.1) is 0 Å². The van der Waals surface area contributed by atoms with Gasteiger partial charge < -0.3 is 9.32 Å². The maximum absolute atomic E-state index is 6.39. The standard InChI is InChI=1S/C51H32N2O/c1-2-8-33(9-3-1)34-18-25-40(26-19-34)53(41-27-20-35(21-28-41)43-13-7-14-45-44-12-4-5-15-47(44)54-51(43)45)42-29-22-38(23-30-42)50-46-31-24-37-11-6-10-36-16-17-39(32-52-50)49(46)48(36)37/h1-32H. The van der Waals surface area contributed by atoms with Crippen molar-refractivity contribution >= 4 is 71.3 Å². The highest BCUT2D eigenvalue weighted by Crippen LogP contribution is 2.42. The van der Waals surface area contributed by atoms with Crippen LogP contribution in [0.15, 0.2) is 199 Å². The van der Waals surface area contributed by atoms with E-state index in [0.717, 1.165) is 61.4 Å². The normalized spacial score (nSPS) is 11.7. The van der Waals surface area contributed by atoms with Crippen molar-refractivity contribution in [1.82, 2.24) is 4.98 Å². The number of para-hydroxylation sites is 2. The van der Waals surface area contributed by atoms with Crippen molar-refractivity contribution in [3.05, 3.63) is 194 Å². The van der Waals surface area contributed by atoms with E-state index in [1.165, 1.54) is 43.4 Å². The van der Waals surface area contributed by atoms with Crippen LogP contribution in [0.25, 0.3) is 87.8 Å². The molecule has 0 radical (unpaired) electrons. The lowest BCUT2D eigenvalue weighted by Gasteiger charge is -2.26. The summed E-state index contributed by atoms with van der Waals surface area (Å²) in [4.78, 5) is 7.34. The van der Waals surface area contributed by atoms with E-state index in [0.29, 0.717) is 0 Å². The van der Waals surface area contributed by atoms with Crippen LogP contribution in [0.3, 0.4) is 0 Å². The van der Waals surface area contributed by atoms with Gasteiger partial charge in [-0.05, 0) is 75.3 Å². The fourth-order valence-corrected chi connectivity index (χ4v) is 8.26. The third-order valence-electron chi connectivity index (χ3n) is 10.9. The highest BCUT2D eigenvalue weighted by atomic mass is 16.3. The number of benzene rings is 9. The van der Waals surface area contributed by atoms with Gasteiger partial charge in [-0.25, -0.2) is 0 Å². The summed E-state index contributed by atoms with van der Waals surface area (Å²) in [6.07, 6.45) is 2.02. The van der Waals surface area contributed by atoms with Crippen LogP contribution in [0.2, 0.25) is 0 Å². The monoisotopic (exact) mass is 688 g/mol. The number of pyridine rings is 1. The van der Waals surface area contributed by atoms with Gasteiger partial charge in [-0.15, -0.1) is 0 Å². The van der Waals surface area contributed by atoms with Gasteiger partial charge in [-0.2, -0.15) is 0 Å². The first kappa shape index (κ1) is 30.4.